The second kappa shape index (κ2) is 8.34. The molecule has 2 rings (SSSR count). The summed E-state index contributed by atoms with van der Waals surface area (Å²) in [6, 6.07) is 10.8. The Bertz CT molecular complexity index is 746. The van der Waals surface area contributed by atoms with Gasteiger partial charge in [0, 0.05) is 11.9 Å². The predicted molar refractivity (Wildman–Crippen MR) is 93.7 cm³/mol. The maximum absolute atomic E-state index is 12.1. The van der Waals surface area contributed by atoms with Crippen molar-refractivity contribution in [2.45, 2.75) is 6.92 Å². The first kappa shape index (κ1) is 17.0. The Morgan fingerprint density at radius 3 is 2.54 bits per heavy atom. The Labute approximate surface area is 140 Å². The lowest BCUT2D eigenvalue weighted by Crippen LogP contribution is -2.30. The van der Waals surface area contributed by atoms with E-state index in [1.807, 2.05) is 31.2 Å². The Balaban J connectivity index is 1.89. The largest absolute Gasteiger partial charge is 0.361 e. The summed E-state index contributed by atoms with van der Waals surface area (Å²) in [5.41, 5.74) is 2.27. The minimum atomic E-state index is -0.246. The number of rotatable bonds is 6. The van der Waals surface area contributed by atoms with Gasteiger partial charge in [-0.25, -0.2) is 4.98 Å². The molecule has 0 saturated heterocycles. The summed E-state index contributed by atoms with van der Waals surface area (Å²) in [7, 11) is 0. The van der Waals surface area contributed by atoms with Crippen LogP contribution in [0.5, 0.6) is 0 Å². The lowest BCUT2D eigenvalue weighted by molar-refractivity contribution is -0.119. The molecular weight excluding hydrogens is 304 g/mol. The third-order valence-electron chi connectivity index (χ3n) is 3.15. The number of aromatic nitrogens is 1. The summed E-state index contributed by atoms with van der Waals surface area (Å²) in [5, 5.41) is 8.18. The van der Waals surface area contributed by atoms with E-state index in [0.29, 0.717) is 11.4 Å². The lowest BCUT2D eigenvalue weighted by Gasteiger charge is -2.07. The van der Waals surface area contributed by atoms with Crippen LogP contribution in [0.3, 0.4) is 0 Å². The number of carbonyl (C=O) groups excluding carboxylic acids is 2. The molecule has 122 valence electrons. The molecule has 1 aromatic heterocycles. The number of pyridine rings is 1. The van der Waals surface area contributed by atoms with Gasteiger partial charge in [0.1, 0.15) is 5.82 Å². The molecule has 6 heteroatoms. The molecular formula is C18H18N4O2. The zero-order valence-corrected chi connectivity index (χ0v) is 13.3. The molecule has 0 unspecified atom stereocenters. The second-order valence-corrected chi connectivity index (χ2v) is 5.09. The molecule has 0 aliphatic carbocycles. The Kier molecular flexibility index (Phi) is 5.92. The normalized spacial score (nSPS) is 9.67. The van der Waals surface area contributed by atoms with Crippen LogP contribution in [0.25, 0.3) is 0 Å². The first-order valence-electron chi connectivity index (χ1n) is 7.36. The molecule has 24 heavy (non-hydrogen) atoms. The molecule has 0 fully saturated rings. The van der Waals surface area contributed by atoms with Crippen LogP contribution in [0, 0.1) is 19.3 Å². The van der Waals surface area contributed by atoms with Gasteiger partial charge in [-0.05, 0) is 31.2 Å². The van der Waals surface area contributed by atoms with Crippen molar-refractivity contribution in [2.24, 2.45) is 0 Å². The molecule has 0 atom stereocenters. The van der Waals surface area contributed by atoms with Crippen LogP contribution in [0.4, 0.5) is 11.5 Å². The number of amides is 2. The standard InChI is InChI=1S/C18H18N4O2/c1-3-10-19-17(23)12-21-16-9-6-14(11-20-16)18(24)22-15-7-4-13(2)5-8-15/h1,4-9,11H,10,12H2,2H3,(H,19,23)(H,20,21)(H,22,24). The maximum Gasteiger partial charge on any atom is 0.257 e. The van der Waals surface area contributed by atoms with Gasteiger partial charge in [-0.1, -0.05) is 23.6 Å². The van der Waals surface area contributed by atoms with Crippen molar-refractivity contribution in [1.29, 1.82) is 0 Å². The van der Waals surface area contributed by atoms with Gasteiger partial charge in [0.15, 0.2) is 0 Å². The van der Waals surface area contributed by atoms with Crippen molar-refractivity contribution in [1.82, 2.24) is 10.3 Å². The second-order valence-electron chi connectivity index (χ2n) is 5.09. The van der Waals surface area contributed by atoms with Crippen molar-refractivity contribution in [3.8, 4) is 12.3 Å². The average molecular weight is 322 g/mol. The molecule has 0 aliphatic heterocycles. The first-order chi connectivity index (χ1) is 11.6. The van der Waals surface area contributed by atoms with Crippen LogP contribution in [0.15, 0.2) is 42.6 Å². The molecule has 0 spiro atoms. The fourth-order valence-electron chi connectivity index (χ4n) is 1.86. The molecule has 1 aromatic carbocycles. The van der Waals surface area contributed by atoms with E-state index >= 15 is 0 Å². The zero-order valence-electron chi connectivity index (χ0n) is 13.3. The minimum Gasteiger partial charge on any atom is -0.361 e. The summed E-state index contributed by atoms with van der Waals surface area (Å²) >= 11 is 0. The Morgan fingerprint density at radius 1 is 1.17 bits per heavy atom. The number of hydrogen-bond donors (Lipinski definition) is 3. The quantitative estimate of drug-likeness (QED) is 0.708. The maximum atomic E-state index is 12.1. The fourth-order valence-corrected chi connectivity index (χ4v) is 1.86. The number of aryl methyl sites for hydroxylation is 1. The highest BCUT2D eigenvalue weighted by Gasteiger charge is 2.07. The van der Waals surface area contributed by atoms with E-state index in [4.69, 9.17) is 6.42 Å². The molecule has 0 aliphatic rings. The number of hydrogen-bond acceptors (Lipinski definition) is 4. The number of benzene rings is 1. The van der Waals surface area contributed by atoms with Gasteiger partial charge >= 0.3 is 0 Å². The van der Waals surface area contributed by atoms with Crippen molar-refractivity contribution < 1.29 is 9.59 Å². The van der Waals surface area contributed by atoms with Gasteiger partial charge in [0.2, 0.25) is 5.91 Å². The van der Waals surface area contributed by atoms with Gasteiger partial charge in [-0.2, -0.15) is 0 Å². The van der Waals surface area contributed by atoms with E-state index in [9.17, 15) is 9.59 Å². The number of nitrogens with zero attached hydrogens (tertiary/aromatic N) is 1. The van der Waals surface area contributed by atoms with Crippen LogP contribution in [-0.2, 0) is 4.79 Å². The van der Waals surface area contributed by atoms with Crippen LogP contribution >= 0.6 is 0 Å². The molecule has 0 bridgehead atoms. The predicted octanol–water partition coefficient (Wildman–Crippen LogP) is 1.80. The zero-order chi connectivity index (χ0) is 17.4. The molecule has 0 radical (unpaired) electrons. The van der Waals surface area contributed by atoms with Crippen LogP contribution < -0.4 is 16.0 Å². The van der Waals surface area contributed by atoms with Crippen LogP contribution in [0.1, 0.15) is 15.9 Å². The van der Waals surface area contributed by atoms with Gasteiger partial charge < -0.3 is 16.0 Å². The smallest absolute Gasteiger partial charge is 0.257 e. The highest BCUT2D eigenvalue weighted by atomic mass is 16.2. The summed E-state index contributed by atoms with van der Waals surface area (Å²) in [6.45, 7) is 2.23. The summed E-state index contributed by atoms with van der Waals surface area (Å²) in [6.07, 6.45) is 6.51. The van der Waals surface area contributed by atoms with E-state index in [2.05, 4.69) is 26.9 Å². The summed E-state index contributed by atoms with van der Waals surface area (Å²) in [5.74, 6) is 2.35. The van der Waals surface area contributed by atoms with E-state index in [1.165, 1.54) is 6.20 Å². The third kappa shape index (κ3) is 5.14. The van der Waals surface area contributed by atoms with Gasteiger partial charge in [-0.15, -0.1) is 6.42 Å². The Morgan fingerprint density at radius 2 is 1.92 bits per heavy atom. The third-order valence-corrected chi connectivity index (χ3v) is 3.15. The highest BCUT2D eigenvalue weighted by molar-refractivity contribution is 6.04. The van der Waals surface area contributed by atoms with Gasteiger partial charge in [0.05, 0.1) is 18.7 Å². The van der Waals surface area contributed by atoms with Crippen molar-refractivity contribution >= 4 is 23.3 Å². The Hall–Kier alpha value is -3.33. The first-order valence-corrected chi connectivity index (χ1v) is 7.36. The monoisotopic (exact) mass is 322 g/mol. The van der Waals surface area contributed by atoms with E-state index in [1.54, 1.807) is 12.1 Å². The lowest BCUT2D eigenvalue weighted by atomic mass is 10.2. The number of carbonyl (C=O) groups is 2. The molecule has 1 heterocycles. The number of nitrogens with one attached hydrogen (secondary N) is 3. The SMILES string of the molecule is C#CCNC(=O)CNc1ccc(C(=O)Nc2ccc(C)cc2)cn1. The number of terminal acetylenes is 1. The molecule has 2 amide bonds. The summed E-state index contributed by atoms with van der Waals surface area (Å²) < 4.78 is 0. The van der Waals surface area contributed by atoms with Crippen molar-refractivity contribution in [3.05, 3.63) is 53.7 Å². The van der Waals surface area contributed by atoms with Crippen molar-refractivity contribution in [3.63, 3.8) is 0 Å². The van der Waals surface area contributed by atoms with Crippen LogP contribution in [0.2, 0.25) is 0 Å². The summed E-state index contributed by atoms with van der Waals surface area (Å²) in [4.78, 5) is 27.7. The van der Waals surface area contributed by atoms with Crippen LogP contribution in [-0.4, -0.2) is 29.9 Å². The molecule has 2 aromatic rings. The van der Waals surface area contributed by atoms with E-state index in [-0.39, 0.29) is 24.9 Å². The highest BCUT2D eigenvalue weighted by Crippen LogP contribution is 2.11. The van der Waals surface area contributed by atoms with Crippen molar-refractivity contribution in [2.75, 3.05) is 23.7 Å². The topological polar surface area (TPSA) is 83.1 Å². The minimum absolute atomic E-state index is 0.0591. The number of anilines is 2. The molecule has 3 N–H and O–H groups in total. The average Bonchev–Trinajstić information content (AvgIpc) is 2.60. The van der Waals surface area contributed by atoms with Gasteiger partial charge in [0.25, 0.3) is 5.91 Å². The van der Waals surface area contributed by atoms with Gasteiger partial charge in [-0.3, -0.25) is 9.59 Å². The van der Waals surface area contributed by atoms with E-state index in [0.717, 1.165) is 11.3 Å². The molecule has 0 saturated carbocycles. The fraction of sp³-hybridized carbons (Fsp3) is 0.167. The van der Waals surface area contributed by atoms with E-state index < -0.39 is 0 Å². The molecule has 6 nitrogen and oxygen atoms in total.